The molecule has 1 rings (SSSR count). The lowest BCUT2D eigenvalue weighted by molar-refractivity contribution is -0.119. The Balaban J connectivity index is 0.00000529. The zero-order valence-electron chi connectivity index (χ0n) is 15.1. The number of nitrogens with one attached hydrogen (secondary N) is 2. The summed E-state index contributed by atoms with van der Waals surface area (Å²) in [6, 6.07) is 7.71. The molecule has 0 fully saturated rings. The summed E-state index contributed by atoms with van der Waals surface area (Å²) in [5, 5.41) is 6.04. The van der Waals surface area contributed by atoms with E-state index in [2.05, 4.69) is 29.5 Å². The van der Waals surface area contributed by atoms with Gasteiger partial charge < -0.3 is 16.4 Å². The summed E-state index contributed by atoms with van der Waals surface area (Å²) >= 11 is 0. The van der Waals surface area contributed by atoms with Crippen molar-refractivity contribution >= 4 is 41.5 Å². The molecule has 0 aliphatic heterocycles. The van der Waals surface area contributed by atoms with Crippen LogP contribution in [0.25, 0.3) is 0 Å². The second-order valence-electron chi connectivity index (χ2n) is 6.31. The molecule has 0 aliphatic rings. The molecule has 0 heterocycles. The van der Waals surface area contributed by atoms with Crippen molar-refractivity contribution in [2.24, 2.45) is 22.6 Å². The van der Waals surface area contributed by atoms with Gasteiger partial charge in [-0.3, -0.25) is 4.79 Å². The van der Waals surface area contributed by atoms with Crippen LogP contribution in [0.3, 0.4) is 0 Å². The molecule has 1 aromatic carbocycles. The standard InChI is InChI=1S/C18H30N4O.HI/c1-5-14(4)17(23)22-16-8-6-7-15(11-16)12-21-18(19)20-10-9-13(2)3;/h6-8,11,13-14H,5,9-10,12H2,1-4H3,(H,22,23)(H3,19,20,21);1H. The topological polar surface area (TPSA) is 79.5 Å². The van der Waals surface area contributed by atoms with Gasteiger partial charge in [-0.05, 0) is 36.5 Å². The zero-order chi connectivity index (χ0) is 17.2. The van der Waals surface area contributed by atoms with Crippen LogP contribution in [0.4, 0.5) is 5.69 Å². The fourth-order valence-electron chi connectivity index (χ4n) is 1.92. The maximum atomic E-state index is 11.9. The van der Waals surface area contributed by atoms with E-state index in [1.165, 1.54) is 0 Å². The average molecular weight is 446 g/mol. The number of carbonyl (C=O) groups excluding carboxylic acids is 1. The van der Waals surface area contributed by atoms with Crippen LogP contribution in [-0.4, -0.2) is 18.4 Å². The van der Waals surface area contributed by atoms with Crippen molar-refractivity contribution in [3.05, 3.63) is 29.8 Å². The molecule has 0 aromatic heterocycles. The van der Waals surface area contributed by atoms with E-state index in [0.29, 0.717) is 18.4 Å². The number of guanidine groups is 1. The minimum Gasteiger partial charge on any atom is -0.370 e. The first-order valence-electron chi connectivity index (χ1n) is 8.36. The third kappa shape index (κ3) is 9.10. The number of nitrogens with two attached hydrogens (primary N) is 1. The van der Waals surface area contributed by atoms with Crippen molar-refractivity contribution in [1.82, 2.24) is 5.32 Å². The second-order valence-corrected chi connectivity index (χ2v) is 6.31. The summed E-state index contributed by atoms with van der Waals surface area (Å²) in [5.41, 5.74) is 7.67. The molecule has 0 saturated heterocycles. The van der Waals surface area contributed by atoms with E-state index in [0.717, 1.165) is 30.6 Å². The fourth-order valence-corrected chi connectivity index (χ4v) is 1.92. The minimum absolute atomic E-state index is 0. The van der Waals surface area contributed by atoms with Gasteiger partial charge in [0.1, 0.15) is 0 Å². The number of benzene rings is 1. The number of hydrogen-bond donors (Lipinski definition) is 3. The predicted octanol–water partition coefficient (Wildman–Crippen LogP) is 3.74. The van der Waals surface area contributed by atoms with Crippen molar-refractivity contribution in [2.45, 2.75) is 47.1 Å². The Hall–Kier alpha value is -1.31. The maximum Gasteiger partial charge on any atom is 0.227 e. The van der Waals surface area contributed by atoms with E-state index in [1.54, 1.807) is 0 Å². The van der Waals surface area contributed by atoms with Gasteiger partial charge in [-0.2, -0.15) is 0 Å². The fraction of sp³-hybridized carbons (Fsp3) is 0.556. The Kier molecular flexibility index (Phi) is 11.4. The Morgan fingerprint density at radius 1 is 1.29 bits per heavy atom. The summed E-state index contributed by atoms with van der Waals surface area (Å²) in [5.74, 6) is 1.15. The molecule has 1 unspecified atom stereocenters. The summed E-state index contributed by atoms with van der Waals surface area (Å²) in [4.78, 5) is 16.3. The minimum atomic E-state index is 0. The number of rotatable bonds is 8. The number of amides is 1. The van der Waals surface area contributed by atoms with Gasteiger partial charge in [0.2, 0.25) is 5.91 Å². The molecular formula is C18H31IN4O. The van der Waals surface area contributed by atoms with Crippen LogP contribution < -0.4 is 16.4 Å². The summed E-state index contributed by atoms with van der Waals surface area (Å²) in [6.07, 6.45) is 1.89. The van der Waals surface area contributed by atoms with Gasteiger partial charge in [0, 0.05) is 18.2 Å². The van der Waals surface area contributed by atoms with Crippen LogP contribution >= 0.6 is 24.0 Å². The molecule has 0 radical (unpaired) electrons. The lowest BCUT2D eigenvalue weighted by Crippen LogP contribution is -2.32. The van der Waals surface area contributed by atoms with Gasteiger partial charge in [-0.15, -0.1) is 24.0 Å². The number of hydrogen-bond acceptors (Lipinski definition) is 2. The van der Waals surface area contributed by atoms with Gasteiger partial charge in [-0.1, -0.05) is 39.8 Å². The van der Waals surface area contributed by atoms with E-state index in [1.807, 2.05) is 38.1 Å². The van der Waals surface area contributed by atoms with Gasteiger partial charge in [0.05, 0.1) is 6.54 Å². The Morgan fingerprint density at radius 2 is 2.00 bits per heavy atom. The normalized spacial score (nSPS) is 12.5. The van der Waals surface area contributed by atoms with Gasteiger partial charge >= 0.3 is 0 Å². The summed E-state index contributed by atoms with van der Waals surface area (Å²) < 4.78 is 0. The van der Waals surface area contributed by atoms with E-state index < -0.39 is 0 Å². The molecule has 1 amide bonds. The predicted molar refractivity (Wildman–Crippen MR) is 113 cm³/mol. The first-order valence-corrected chi connectivity index (χ1v) is 8.36. The van der Waals surface area contributed by atoms with Crippen LogP contribution in [-0.2, 0) is 11.3 Å². The Bertz CT molecular complexity index is 532. The molecular weight excluding hydrogens is 415 g/mol. The third-order valence-electron chi connectivity index (χ3n) is 3.71. The van der Waals surface area contributed by atoms with E-state index in [-0.39, 0.29) is 35.8 Å². The highest BCUT2D eigenvalue weighted by molar-refractivity contribution is 14.0. The summed E-state index contributed by atoms with van der Waals surface area (Å²) in [7, 11) is 0. The lowest BCUT2D eigenvalue weighted by Gasteiger charge is -2.11. The van der Waals surface area contributed by atoms with Crippen molar-refractivity contribution in [3.63, 3.8) is 0 Å². The SMILES string of the molecule is CCC(C)C(=O)Nc1cccc(CN=C(N)NCCC(C)C)c1.I. The maximum absolute atomic E-state index is 11.9. The van der Waals surface area contributed by atoms with Crippen molar-refractivity contribution < 1.29 is 4.79 Å². The Morgan fingerprint density at radius 3 is 2.62 bits per heavy atom. The molecule has 136 valence electrons. The van der Waals surface area contributed by atoms with Crippen molar-refractivity contribution in [1.29, 1.82) is 0 Å². The molecule has 0 saturated carbocycles. The van der Waals surface area contributed by atoms with Crippen LogP contribution in [0.15, 0.2) is 29.3 Å². The smallest absolute Gasteiger partial charge is 0.227 e. The highest BCUT2D eigenvalue weighted by Crippen LogP contribution is 2.13. The van der Waals surface area contributed by atoms with Crippen molar-refractivity contribution in [2.75, 3.05) is 11.9 Å². The molecule has 6 heteroatoms. The van der Waals surface area contributed by atoms with Crippen LogP contribution in [0.5, 0.6) is 0 Å². The molecule has 0 spiro atoms. The molecule has 24 heavy (non-hydrogen) atoms. The van der Waals surface area contributed by atoms with Crippen LogP contribution in [0.2, 0.25) is 0 Å². The van der Waals surface area contributed by atoms with E-state index in [9.17, 15) is 4.79 Å². The quantitative estimate of drug-likeness (QED) is 0.323. The number of carbonyl (C=O) groups is 1. The van der Waals surface area contributed by atoms with Crippen LogP contribution in [0, 0.1) is 11.8 Å². The molecule has 1 aromatic rings. The number of halogens is 1. The first-order chi connectivity index (χ1) is 10.9. The molecule has 0 aliphatic carbocycles. The highest BCUT2D eigenvalue weighted by Gasteiger charge is 2.10. The number of nitrogens with zero attached hydrogens (tertiary/aromatic N) is 1. The first kappa shape index (κ1) is 22.7. The van der Waals surface area contributed by atoms with Gasteiger partial charge in [0.15, 0.2) is 5.96 Å². The van der Waals surface area contributed by atoms with Crippen LogP contribution in [0.1, 0.15) is 46.1 Å². The van der Waals surface area contributed by atoms with Gasteiger partial charge in [-0.25, -0.2) is 4.99 Å². The summed E-state index contributed by atoms with van der Waals surface area (Å²) in [6.45, 7) is 9.60. The monoisotopic (exact) mass is 446 g/mol. The highest BCUT2D eigenvalue weighted by atomic mass is 127. The number of anilines is 1. The molecule has 0 bridgehead atoms. The number of aliphatic imine (C=N–C) groups is 1. The largest absolute Gasteiger partial charge is 0.370 e. The third-order valence-corrected chi connectivity index (χ3v) is 3.71. The lowest BCUT2D eigenvalue weighted by atomic mass is 10.1. The van der Waals surface area contributed by atoms with Crippen molar-refractivity contribution in [3.8, 4) is 0 Å². The molecule has 1 atom stereocenters. The van der Waals surface area contributed by atoms with Gasteiger partial charge in [0.25, 0.3) is 0 Å². The average Bonchev–Trinajstić information content (AvgIpc) is 2.52. The molecule has 4 N–H and O–H groups in total. The van der Waals surface area contributed by atoms with E-state index in [4.69, 9.17) is 5.73 Å². The Labute approximate surface area is 162 Å². The zero-order valence-corrected chi connectivity index (χ0v) is 17.5. The second kappa shape index (κ2) is 12.1. The van der Waals surface area contributed by atoms with E-state index >= 15 is 0 Å². The molecule has 5 nitrogen and oxygen atoms in total.